The van der Waals surface area contributed by atoms with Crippen LogP contribution in [0.2, 0.25) is 0 Å². The van der Waals surface area contributed by atoms with Gasteiger partial charge in [0.1, 0.15) is 17.4 Å². The summed E-state index contributed by atoms with van der Waals surface area (Å²) in [5.41, 5.74) is 1.46. The van der Waals surface area contributed by atoms with Crippen LogP contribution in [-0.2, 0) is 0 Å². The highest BCUT2D eigenvalue weighted by Gasteiger charge is 2.10. The van der Waals surface area contributed by atoms with Gasteiger partial charge in [-0.3, -0.25) is 0 Å². The largest absolute Gasteiger partial charge is 0.508 e. The van der Waals surface area contributed by atoms with Crippen LogP contribution in [0.25, 0.3) is 11.3 Å². The van der Waals surface area contributed by atoms with E-state index in [0.29, 0.717) is 10.8 Å². The number of aromatic nitrogens is 1. The summed E-state index contributed by atoms with van der Waals surface area (Å²) in [7, 11) is 0. The van der Waals surface area contributed by atoms with E-state index in [1.807, 2.05) is 0 Å². The van der Waals surface area contributed by atoms with Gasteiger partial charge in [-0.15, -0.1) is 23.7 Å². The highest BCUT2D eigenvalue weighted by atomic mass is 35.5. The molecule has 0 unspecified atom stereocenters. The van der Waals surface area contributed by atoms with Gasteiger partial charge in [-0.2, -0.15) is 0 Å². The van der Waals surface area contributed by atoms with E-state index < -0.39 is 11.6 Å². The van der Waals surface area contributed by atoms with Crippen LogP contribution in [0.1, 0.15) is 0 Å². The molecule has 2 N–H and O–H groups in total. The molecule has 3 nitrogen and oxygen atoms in total. The first kappa shape index (κ1) is 16.2. The molecule has 0 spiro atoms. The number of hydrogen-bond acceptors (Lipinski definition) is 4. The number of nitrogens with one attached hydrogen (secondary N) is 1. The normalized spacial score (nSPS) is 10.1. The van der Waals surface area contributed by atoms with Gasteiger partial charge >= 0.3 is 0 Å². The van der Waals surface area contributed by atoms with Crippen LogP contribution in [0.4, 0.5) is 19.6 Å². The van der Waals surface area contributed by atoms with Gasteiger partial charge in [0.15, 0.2) is 5.13 Å². The van der Waals surface area contributed by atoms with Crippen molar-refractivity contribution in [2.75, 3.05) is 5.32 Å². The lowest BCUT2D eigenvalue weighted by Crippen LogP contribution is -1.90. The number of benzene rings is 2. The van der Waals surface area contributed by atoms with Gasteiger partial charge in [-0.05, 0) is 36.4 Å². The van der Waals surface area contributed by atoms with Gasteiger partial charge in [0.05, 0.1) is 5.69 Å². The van der Waals surface area contributed by atoms with E-state index >= 15 is 0 Å². The zero-order chi connectivity index (χ0) is 14.8. The molecular weight excluding hydrogens is 330 g/mol. The molecule has 0 radical (unpaired) electrons. The molecule has 0 saturated heterocycles. The molecule has 3 aromatic rings. The molecule has 7 heteroatoms. The van der Waals surface area contributed by atoms with Gasteiger partial charge in [0.2, 0.25) is 0 Å². The molecule has 114 valence electrons. The Bertz CT molecular complexity index is 777. The quantitative estimate of drug-likeness (QED) is 0.662. The summed E-state index contributed by atoms with van der Waals surface area (Å²) in [6.45, 7) is 0. The second-order valence-corrected chi connectivity index (χ2v) is 5.19. The lowest BCUT2D eigenvalue weighted by atomic mass is 10.1. The van der Waals surface area contributed by atoms with E-state index in [1.54, 1.807) is 29.6 Å². The number of halogens is 3. The molecule has 0 aliphatic carbocycles. The Kier molecular flexibility index (Phi) is 4.95. The average molecular weight is 341 g/mol. The van der Waals surface area contributed by atoms with Crippen LogP contribution in [0.15, 0.2) is 47.8 Å². The first-order chi connectivity index (χ1) is 10.1. The maximum Gasteiger partial charge on any atom is 0.187 e. The molecule has 0 atom stereocenters. The molecule has 3 rings (SSSR count). The van der Waals surface area contributed by atoms with Crippen molar-refractivity contribution < 1.29 is 13.9 Å². The zero-order valence-corrected chi connectivity index (χ0v) is 12.7. The Morgan fingerprint density at radius 2 is 1.77 bits per heavy atom. The van der Waals surface area contributed by atoms with Gasteiger partial charge in [0, 0.05) is 22.7 Å². The number of anilines is 2. The van der Waals surface area contributed by atoms with Gasteiger partial charge < -0.3 is 10.4 Å². The van der Waals surface area contributed by atoms with Crippen molar-refractivity contribution in [1.29, 1.82) is 0 Å². The van der Waals surface area contributed by atoms with Crippen LogP contribution in [-0.4, -0.2) is 10.1 Å². The summed E-state index contributed by atoms with van der Waals surface area (Å²) in [5.74, 6) is -1.08. The van der Waals surface area contributed by atoms with E-state index in [2.05, 4.69) is 10.3 Å². The first-order valence-corrected chi connectivity index (χ1v) is 6.97. The Labute approximate surface area is 135 Å². The van der Waals surface area contributed by atoms with E-state index in [1.165, 1.54) is 23.5 Å². The molecule has 0 bridgehead atoms. The van der Waals surface area contributed by atoms with Crippen molar-refractivity contribution in [3.05, 3.63) is 59.5 Å². The second-order valence-electron chi connectivity index (χ2n) is 4.33. The van der Waals surface area contributed by atoms with Gasteiger partial charge in [-0.25, -0.2) is 13.8 Å². The lowest BCUT2D eigenvalue weighted by molar-refractivity contribution is 0.475. The van der Waals surface area contributed by atoms with Crippen molar-refractivity contribution in [1.82, 2.24) is 4.98 Å². The Balaban J connectivity index is 0.00000176. The minimum atomic E-state index is -0.642. The number of nitrogens with zero attached hydrogens (tertiary/aromatic N) is 1. The number of thiazole rings is 1. The highest BCUT2D eigenvalue weighted by Crippen LogP contribution is 2.29. The van der Waals surface area contributed by atoms with Gasteiger partial charge in [-0.1, -0.05) is 0 Å². The van der Waals surface area contributed by atoms with E-state index in [-0.39, 0.29) is 23.7 Å². The third-order valence-electron chi connectivity index (χ3n) is 2.83. The summed E-state index contributed by atoms with van der Waals surface area (Å²) >= 11 is 1.31. The molecule has 0 saturated carbocycles. The molecule has 1 heterocycles. The molecule has 0 amide bonds. The number of aromatic hydroxyl groups is 1. The Morgan fingerprint density at radius 3 is 2.45 bits per heavy atom. The third kappa shape index (κ3) is 3.52. The minimum Gasteiger partial charge on any atom is -0.508 e. The molecule has 0 fully saturated rings. The number of phenolic OH excluding ortho intramolecular Hbond substituents is 1. The van der Waals surface area contributed by atoms with E-state index in [4.69, 9.17) is 0 Å². The average Bonchev–Trinajstić information content (AvgIpc) is 2.90. The fourth-order valence-corrected chi connectivity index (χ4v) is 2.55. The summed E-state index contributed by atoms with van der Waals surface area (Å²) < 4.78 is 26.6. The van der Waals surface area contributed by atoms with Crippen molar-refractivity contribution in [3.63, 3.8) is 0 Å². The summed E-state index contributed by atoms with van der Waals surface area (Å²) in [4.78, 5) is 4.27. The summed E-state index contributed by atoms with van der Waals surface area (Å²) in [5, 5.41) is 14.5. The van der Waals surface area contributed by atoms with Crippen molar-refractivity contribution in [2.45, 2.75) is 0 Å². The first-order valence-electron chi connectivity index (χ1n) is 6.09. The van der Waals surface area contributed by atoms with Crippen LogP contribution in [0, 0.1) is 11.6 Å². The molecule has 22 heavy (non-hydrogen) atoms. The number of phenols is 1. The fraction of sp³-hybridized carbons (Fsp3) is 0. The predicted octanol–water partition coefficient (Wildman–Crippen LogP) is 4.96. The molecule has 1 aromatic heterocycles. The smallest absolute Gasteiger partial charge is 0.187 e. The van der Waals surface area contributed by atoms with Gasteiger partial charge in [0.25, 0.3) is 0 Å². The minimum absolute atomic E-state index is 0. The van der Waals surface area contributed by atoms with Crippen LogP contribution in [0.3, 0.4) is 0 Å². The summed E-state index contributed by atoms with van der Waals surface area (Å²) in [6.07, 6.45) is 0. The highest BCUT2D eigenvalue weighted by molar-refractivity contribution is 7.14. The van der Waals surface area contributed by atoms with Crippen LogP contribution < -0.4 is 5.32 Å². The molecular formula is C15H11ClF2N2OS. The van der Waals surface area contributed by atoms with Crippen LogP contribution in [0.5, 0.6) is 5.75 Å². The fourth-order valence-electron chi connectivity index (χ4n) is 1.82. The standard InChI is InChI=1S/C15H10F2N2OS.ClH/c16-9-1-6-12(13(17)7-9)14-8-21-15(19-14)18-10-2-4-11(20)5-3-10;/h1-8,20H,(H,18,19);1H. The third-order valence-corrected chi connectivity index (χ3v) is 3.59. The van der Waals surface area contributed by atoms with Crippen molar-refractivity contribution in [3.8, 4) is 17.0 Å². The number of rotatable bonds is 3. The van der Waals surface area contributed by atoms with E-state index in [9.17, 15) is 13.9 Å². The topological polar surface area (TPSA) is 45.1 Å². The SMILES string of the molecule is Cl.Oc1ccc(Nc2nc(-c3ccc(F)cc3F)cs2)cc1. The maximum atomic E-state index is 13.7. The molecule has 0 aliphatic rings. The van der Waals surface area contributed by atoms with Crippen molar-refractivity contribution in [2.24, 2.45) is 0 Å². The second kappa shape index (κ2) is 6.72. The maximum absolute atomic E-state index is 13.7. The summed E-state index contributed by atoms with van der Waals surface area (Å²) in [6, 6.07) is 9.91. The predicted molar refractivity (Wildman–Crippen MR) is 86.1 cm³/mol. The number of hydrogen-bond donors (Lipinski definition) is 2. The Morgan fingerprint density at radius 1 is 1.05 bits per heavy atom. The molecule has 2 aromatic carbocycles. The van der Waals surface area contributed by atoms with Crippen LogP contribution >= 0.6 is 23.7 Å². The monoisotopic (exact) mass is 340 g/mol. The zero-order valence-electron chi connectivity index (χ0n) is 11.1. The molecule has 0 aliphatic heterocycles. The Hall–Kier alpha value is -2.18. The van der Waals surface area contributed by atoms with Crippen molar-refractivity contribution >= 4 is 34.6 Å². The lowest BCUT2D eigenvalue weighted by Gasteiger charge is -2.02. The van der Waals surface area contributed by atoms with E-state index in [0.717, 1.165) is 11.8 Å².